The summed E-state index contributed by atoms with van der Waals surface area (Å²) in [6.07, 6.45) is 11.0. The van der Waals surface area contributed by atoms with Crippen molar-refractivity contribution in [3.63, 3.8) is 0 Å². The van der Waals surface area contributed by atoms with Gasteiger partial charge in [0.25, 0.3) is 0 Å². The zero-order valence-corrected chi connectivity index (χ0v) is 25.1. The SMILES string of the molecule is C=C(Cn1ccnc1)C(=O)NC[C@@H](NC(=O)[C@H](Cc1nc2ccc(C(C)C)cc2s1)NC(=O)CC)C1CCCCC1. The maximum absolute atomic E-state index is 13.7. The lowest BCUT2D eigenvalue weighted by Gasteiger charge is -2.32. The lowest BCUT2D eigenvalue weighted by atomic mass is 9.83. The first-order valence-corrected chi connectivity index (χ1v) is 15.5. The predicted octanol–water partition coefficient (Wildman–Crippen LogP) is 4.49. The second-order valence-electron chi connectivity index (χ2n) is 11.2. The largest absolute Gasteiger partial charge is 0.350 e. The van der Waals surface area contributed by atoms with Crippen LogP contribution in [0.3, 0.4) is 0 Å². The average Bonchev–Trinajstić information content (AvgIpc) is 3.63. The fourth-order valence-corrected chi connectivity index (χ4v) is 6.33. The molecule has 0 spiro atoms. The second kappa shape index (κ2) is 14.4. The second-order valence-corrected chi connectivity index (χ2v) is 12.3. The average molecular weight is 579 g/mol. The van der Waals surface area contributed by atoms with E-state index in [0.717, 1.165) is 40.9 Å². The van der Waals surface area contributed by atoms with E-state index in [1.54, 1.807) is 41.5 Å². The van der Waals surface area contributed by atoms with E-state index in [0.29, 0.717) is 31.0 Å². The number of nitrogens with one attached hydrogen (secondary N) is 3. The minimum absolute atomic E-state index is 0.188. The van der Waals surface area contributed by atoms with Crippen LogP contribution in [0.4, 0.5) is 0 Å². The van der Waals surface area contributed by atoms with Crippen LogP contribution < -0.4 is 16.0 Å². The number of aromatic nitrogens is 3. The Bertz CT molecular complexity index is 1340. The molecular formula is C31H42N6O3S. The summed E-state index contributed by atoms with van der Waals surface area (Å²) in [6.45, 7) is 10.7. The fourth-order valence-electron chi connectivity index (χ4n) is 5.27. The number of benzene rings is 1. The van der Waals surface area contributed by atoms with Crippen LogP contribution in [0, 0.1) is 5.92 Å². The number of fused-ring (bicyclic) bond motifs is 1. The number of hydrogen-bond acceptors (Lipinski definition) is 6. The van der Waals surface area contributed by atoms with Crippen molar-refractivity contribution in [2.45, 2.75) is 90.3 Å². The number of nitrogens with zero attached hydrogens (tertiary/aromatic N) is 3. The van der Waals surface area contributed by atoms with Crippen LogP contribution in [-0.2, 0) is 27.3 Å². The Morgan fingerprint density at radius 1 is 1.15 bits per heavy atom. The fraction of sp³-hybridized carbons (Fsp3) is 0.516. The summed E-state index contributed by atoms with van der Waals surface area (Å²) in [5, 5.41) is 9.90. The molecule has 2 aromatic heterocycles. The molecule has 1 aliphatic rings. The first-order chi connectivity index (χ1) is 19.7. The van der Waals surface area contributed by atoms with Crippen molar-refractivity contribution in [3.05, 3.63) is 59.6 Å². The first-order valence-electron chi connectivity index (χ1n) is 14.6. The van der Waals surface area contributed by atoms with E-state index >= 15 is 0 Å². The molecule has 4 rings (SSSR count). The zero-order valence-electron chi connectivity index (χ0n) is 24.3. The van der Waals surface area contributed by atoms with Gasteiger partial charge in [0.15, 0.2) is 0 Å². The topological polar surface area (TPSA) is 118 Å². The van der Waals surface area contributed by atoms with Gasteiger partial charge < -0.3 is 20.5 Å². The third-order valence-corrected chi connectivity index (χ3v) is 8.80. The molecule has 41 heavy (non-hydrogen) atoms. The highest BCUT2D eigenvalue weighted by molar-refractivity contribution is 7.18. The van der Waals surface area contributed by atoms with Gasteiger partial charge in [0.2, 0.25) is 17.7 Å². The summed E-state index contributed by atoms with van der Waals surface area (Å²) < 4.78 is 2.86. The zero-order chi connectivity index (χ0) is 29.4. The molecule has 220 valence electrons. The molecule has 1 saturated carbocycles. The lowest BCUT2D eigenvalue weighted by Crippen LogP contribution is -2.55. The molecule has 0 saturated heterocycles. The molecule has 0 bridgehead atoms. The molecule has 1 aromatic carbocycles. The Morgan fingerprint density at radius 2 is 1.93 bits per heavy atom. The first kappa shape index (κ1) is 30.4. The molecule has 2 atom stereocenters. The summed E-state index contributed by atoms with van der Waals surface area (Å²) in [4.78, 5) is 47.7. The van der Waals surface area contributed by atoms with Crippen LogP contribution in [-0.4, -0.2) is 50.9 Å². The quantitative estimate of drug-likeness (QED) is 0.258. The lowest BCUT2D eigenvalue weighted by molar-refractivity contribution is -0.129. The van der Waals surface area contributed by atoms with Crippen LogP contribution in [0.15, 0.2) is 49.1 Å². The van der Waals surface area contributed by atoms with Gasteiger partial charge in [0, 0.05) is 43.4 Å². The highest BCUT2D eigenvalue weighted by atomic mass is 32.1. The van der Waals surface area contributed by atoms with Crippen molar-refractivity contribution >= 4 is 39.3 Å². The summed E-state index contributed by atoms with van der Waals surface area (Å²) in [6, 6.07) is 5.26. The molecule has 3 amide bonds. The van der Waals surface area contributed by atoms with Gasteiger partial charge in [0.05, 0.1) is 28.1 Å². The molecule has 0 radical (unpaired) electrons. The molecule has 3 aromatic rings. The number of rotatable bonds is 13. The maximum atomic E-state index is 13.7. The van der Waals surface area contributed by atoms with E-state index in [1.807, 2.05) is 6.07 Å². The Kier molecular flexibility index (Phi) is 10.7. The Hall–Kier alpha value is -3.53. The van der Waals surface area contributed by atoms with Crippen LogP contribution in [0.2, 0.25) is 0 Å². The van der Waals surface area contributed by atoms with E-state index in [4.69, 9.17) is 4.98 Å². The Labute approximate surface area is 246 Å². The summed E-state index contributed by atoms with van der Waals surface area (Å²) >= 11 is 1.56. The van der Waals surface area contributed by atoms with Gasteiger partial charge in [-0.25, -0.2) is 9.97 Å². The highest BCUT2D eigenvalue weighted by Gasteiger charge is 2.30. The molecule has 10 heteroatoms. The van der Waals surface area contributed by atoms with E-state index in [-0.39, 0.29) is 36.1 Å². The van der Waals surface area contributed by atoms with E-state index in [9.17, 15) is 14.4 Å². The number of amides is 3. The Morgan fingerprint density at radius 3 is 2.61 bits per heavy atom. The molecule has 3 N–H and O–H groups in total. The monoisotopic (exact) mass is 578 g/mol. The number of hydrogen-bond donors (Lipinski definition) is 3. The molecule has 9 nitrogen and oxygen atoms in total. The highest BCUT2D eigenvalue weighted by Crippen LogP contribution is 2.28. The van der Waals surface area contributed by atoms with Crippen LogP contribution in [0.25, 0.3) is 10.2 Å². The summed E-state index contributed by atoms with van der Waals surface area (Å²) in [5.41, 5.74) is 2.56. The van der Waals surface area contributed by atoms with Crippen molar-refractivity contribution in [2.24, 2.45) is 5.92 Å². The maximum Gasteiger partial charge on any atom is 0.248 e. The smallest absolute Gasteiger partial charge is 0.248 e. The van der Waals surface area contributed by atoms with Gasteiger partial charge in [-0.15, -0.1) is 11.3 Å². The molecule has 2 heterocycles. The third-order valence-electron chi connectivity index (χ3n) is 7.76. The molecule has 1 aliphatic carbocycles. The molecule has 0 aliphatic heterocycles. The van der Waals surface area contributed by atoms with Gasteiger partial charge in [0.1, 0.15) is 6.04 Å². The third kappa shape index (κ3) is 8.48. The molecular weight excluding hydrogens is 536 g/mol. The summed E-state index contributed by atoms with van der Waals surface area (Å²) in [5.74, 6) is -0.0375. The number of thiazole rings is 1. The summed E-state index contributed by atoms with van der Waals surface area (Å²) in [7, 11) is 0. The minimum atomic E-state index is -0.759. The van der Waals surface area contributed by atoms with Gasteiger partial charge in [-0.1, -0.05) is 52.7 Å². The van der Waals surface area contributed by atoms with Crippen molar-refractivity contribution in [1.82, 2.24) is 30.5 Å². The van der Waals surface area contributed by atoms with E-state index in [2.05, 4.69) is 53.5 Å². The van der Waals surface area contributed by atoms with E-state index in [1.165, 1.54) is 12.0 Å². The van der Waals surface area contributed by atoms with Gasteiger partial charge in [-0.2, -0.15) is 0 Å². The van der Waals surface area contributed by atoms with Crippen LogP contribution in [0.5, 0.6) is 0 Å². The van der Waals surface area contributed by atoms with Gasteiger partial charge >= 0.3 is 0 Å². The van der Waals surface area contributed by atoms with Gasteiger partial charge in [-0.05, 0) is 42.4 Å². The van der Waals surface area contributed by atoms with Crippen molar-refractivity contribution in [2.75, 3.05) is 6.54 Å². The predicted molar refractivity (Wildman–Crippen MR) is 163 cm³/mol. The van der Waals surface area contributed by atoms with Crippen molar-refractivity contribution in [1.29, 1.82) is 0 Å². The van der Waals surface area contributed by atoms with Crippen molar-refractivity contribution < 1.29 is 14.4 Å². The van der Waals surface area contributed by atoms with Gasteiger partial charge in [-0.3, -0.25) is 14.4 Å². The molecule has 1 fully saturated rings. The standard InChI is InChI=1S/C31H42N6O3S/c1-5-28(38)34-25(16-29-35-24-12-11-23(20(2)3)15-27(24)41-29)31(40)36-26(22-9-7-6-8-10-22)17-33-30(39)21(4)18-37-14-13-32-19-37/h11-15,19-20,22,25-26H,4-10,16-18H2,1-3H3,(H,33,39)(H,34,38)(H,36,40)/t25-,26+/m0/s1. The Balaban J connectivity index is 1.46. The van der Waals surface area contributed by atoms with Crippen LogP contribution >= 0.6 is 11.3 Å². The number of imidazole rings is 1. The number of carbonyl (C=O) groups is 3. The van der Waals surface area contributed by atoms with E-state index < -0.39 is 6.04 Å². The normalized spacial score (nSPS) is 15.4. The molecule has 0 unspecified atom stereocenters. The van der Waals surface area contributed by atoms with Crippen molar-refractivity contribution in [3.8, 4) is 0 Å². The number of carbonyl (C=O) groups excluding carboxylic acids is 3. The minimum Gasteiger partial charge on any atom is -0.350 e. The van der Waals surface area contributed by atoms with Crippen LogP contribution in [0.1, 0.15) is 75.8 Å².